The van der Waals surface area contributed by atoms with Crippen molar-refractivity contribution in [1.29, 1.82) is 0 Å². The fourth-order valence-electron chi connectivity index (χ4n) is 3.35. The van der Waals surface area contributed by atoms with Crippen LogP contribution in [-0.4, -0.2) is 40.4 Å². The predicted molar refractivity (Wildman–Crippen MR) is 102 cm³/mol. The Morgan fingerprint density at radius 2 is 1.42 bits per heavy atom. The Hall–Kier alpha value is -2.82. The summed E-state index contributed by atoms with van der Waals surface area (Å²) in [6, 6.07) is 10.3. The topological polar surface area (TPSA) is 40.2 Å². The summed E-state index contributed by atoms with van der Waals surface area (Å²) in [6.45, 7) is 0. The Kier molecular flexibility index (Phi) is 5.26. The van der Waals surface area contributed by atoms with Crippen molar-refractivity contribution in [3.05, 3.63) is 53.2 Å². The zero-order valence-electron chi connectivity index (χ0n) is 15.9. The summed E-state index contributed by atoms with van der Waals surface area (Å²) in [4.78, 5) is 2.21. The lowest BCUT2D eigenvalue weighted by molar-refractivity contribution is 0.323. The van der Waals surface area contributed by atoms with Gasteiger partial charge in [-0.15, -0.1) is 0 Å². The Labute approximate surface area is 154 Å². The maximum absolute atomic E-state index is 5.50. The van der Waals surface area contributed by atoms with Crippen LogP contribution in [0.3, 0.4) is 0 Å². The molecule has 0 radical (unpaired) electrons. The van der Waals surface area contributed by atoms with Crippen LogP contribution in [0.15, 0.2) is 36.5 Å². The number of methoxy groups -OCH3 is 4. The Balaban J connectivity index is 1.97. The van der Waals surface area contributed by atoms with Crippen molar-refractivity contribution in [3.63, 3.8) is 0 Å². The second kappa shape index (κ2) is 7.60. The first kappa shape index (κ1) is 18.0. The Bertz CT molecular complexity index is 816. The van der Waals surface area contributed by atoms with Crippen LogP contribution in [-0.2, 0) is 6.42 Å². The number of fused-ring (bicyclic) bond motifs is 1. The summed E-state index contributed by atoms with van der Waals surface area (Å²) in [7, 11) is 8.71. The molecule has 0 aromatic heterocycles. The summed E-state index contributed by atoms with van der Waals surface area (Å²) in [6.07, 6.45) is 5.03. The lowest BCUT2D eigenvalue weighted by Gasteiger charge is -2.32. The number of nitrogens with zero attached hydrogens (tertiary/aromatic N) is 1. The molecular formula is C21H25NO4. The van der Waals surface area contributed by atoms with Gasteiger partial charge in [-0.2, -0.15) is 0 Å². The Morgan fingerprint density at radius 1 is 0.808 bits per heavy atom. The molecule has 1 aliphatic heterocycles. The minimum Gasteiger partial charge on any atom is -0.493 e. The number of hydrogen-bond acceptors (Lipinski definition) is 5. The molecule has 2 aromatic carbocycles. The zero-order chi connectivity index (χ0) is 18.7. The van der Waals surface area contributed by atoms with E-state index in [1.807, 2.05) is 18.2 Å². The van der Waals surface area contributed by atoms with Gasteiger partial charge in [-0.25, -0.2) is 0 Å². The normalized spacial score (nSPS) is 15.4. The first-order valence-electron chi connectivity index (χ1n) is 8.48. The molecule has 1 heterocycles. The molecule has 0 saturated carbocycles. The highest BCUT2D eigenvalue weighted by Gasteiger charge is 2.24. The molecule has 0 fully saturated rings. The molecule has 5 nitrogen and oxygen atoms in total. The zero-order valence-corrected chi connectivity index (χ0v) is 15.9. The number of ether oxygens (including phenoxy) is 4. The third-order valence-corrected chi connectivity index (χ3v) is 4.81. The van der Waals surface area contributed by atoms with Crippen molar-refractivity contribution in [2.75, 3.05) is 35.5 Å². The van der Waals surface area contributed by atoms with E-state index < -0.39 is 0 Å². The molecule has 1 aliphatic rings. The molecule has 0 aliphatic carbocycles. The van der Waals surface area contributed by atoms with Gasteiger partial charge in [0.05, 0.1) is 34.5 Å². The van der Waals surface area contributed by atoms with Gasteiger partial charge in [0.1, 0.15) is 0 Å². The number of hydrogen-bond donors (Lipinski definition) is 0. The van der Waals surface area contributed by atoms with E-state index in [1.54, 1.807) is 28.4 Å². The van der Waals surface area contributed by atoms with Crippen molar-refractivity contribution in [1.82, 2.24) is 4.90 Å². The molecule has 5 heteroatoms. The van der Waals surface area contributed by atoms with Crippen molar-refractivity contribution in [2.24, 2.45) is 0 Å². The number of benzene rings is 2. The van der Waals surface area contributed by atoms with E-state index in [9.17, 15) is 0 Å². The lowest BCUT2D eigenvalue weighted by Crippen LogP contribution is -2.24. The highest BCUT2D eigenvalue weighted by Crippen LogP contribution is 2.40. The first-order valence-corrected chi connectivity index (χ1v) is 8.48. The van der Waals surface area contributed by atoms with Crippen LogP contribution in [0.5, 0.6) is 23.0 Å². The van der Waals surface area contributed by atoms with Gasteiger partial charge in [0.25, 0.3) is 0 Å². The second-order valence-electron chi connectivity index (χ2n) is 6.23. The van der Waals surface area contributed by atoms with Crippen LogP contribution in [0.2, 0.25) is 0 Å². The van der Waals surface area contributed by atoms with E-state index in [0.717, 1.165) is 35.0 Å². The van der Waals surface area contributed by atoms with Crippen LogP contribution in [0.1, 0.15) is 22.7 Å². The molecule has 0 saturated heterocycles. The minimum atomic E-state index is 0.188. The maximum atomic E-state index is 5.50. The van der Waals surface area contributed by atoms with Crippen LogP contribution in [0.25, 0.3) is 6.08 Å². The third kappa shape index (κ3) is 3.29. The van der Waals surface area contributed by atoms with Gasteiger partial charge in [-0.3, -0.25) is 0 Å². The van der Waals surface area contributed by atoms with Crippen molar-refractivity contribution in [3.8, 4) is 23.0 Å². The fourth-order valence-corrected chi connectivity index (χ4v) is 3.35. The van der Waals surface area contributed by atoms with Crippen molar-refractivity contribution < 1.29 is 18.9 Å². The quantitative estimate of drug-likeness (QED) is 0.785. The lowest BCUT2D eigenvalue weighted by atomic mass is 9.91. The molecule has 0 amide bonds. The molecule has 0 spiro atoms. The number of likely N-dealkylation sites (N-methyl/N-ethyl adjacent to an activating group) is 1. The summed E-state index contributed by atoms with van der Waals surface area (Å²) in [5.74, 6) is 2.96. The van der Waals surface area contributed by atoms with Crippen molar-refractivity contribution >= 4 is 6.08 Å². The van der Waals surface area contributed by atoms with Gasteiger partial charge < -0.3 is 23.8 Å². The van der Waals surface area contributed by atoms with E-state index in [-0.39, 0.29) is 6.04 Å². The average Bonchev–Trinajstić information content (AvgIpc) is 2.68. The predicted octanol–water partition coefficient (Wildman–Crippen LogP) is 3.92. The molecule has 2 aromatic rings. The van der Waals surface area contributed by atoms with Crippen LogP contribution in [0, 0.1) is 0 Å². The van der Waals surface area contributed by atoms with E-state index in [4.69, 9.17) is 18.9 Å². The average molecular weight is 355 g/mol. The maximum Gasteiger partial charge on any atom is 0.161 e. The van der Waals surface area contributed by atoms with Crippen molar-refractivity contribution in [2.45, 2.75) is 12.5 Å². The molecule has 1 atom stereocenters. The molecular weight excluding hydrogens is 330 g/mol. The third-order valence-electron chi connectivity index (χ3n) is 4.81. The minimum absolute atomic E-state index is 0.188. The van der Waals surface area contributed by atoms with E-state index in [0.29, 0.717) is 0 Å². The second-order valence-corrected chi connectivity index (χ2v) is 6.23. The largest absolute Gasteiger partial charge is 0.493 e. The van der Waals surface area contributed by atoms with E-state index >= 15 is 0 Å². The standard InChI is InChI=1S/C21H25NO4/c1-22-9-8-15-12-20(25-4)21(26-5)13-16(15)17(22)10-14-6-7-18(23-2)19(11-14)24-3/h6-9,11-13,17H,10H2,1-5H3. The molecule has 0 N–H and O–H groups in total. The first-order chi connectivity index (χ1) is 12.6. The monoisotopic (exact) mass is 355 g/mol. The van der Waals surface area contributed by atoms with Gasteiger partial charge in [-0.1, -0.05) is 6.07 Å². The van der Waals surface area contributed by atoms with Crippen LogP contribution < -0.4 is 18.9 Å². The van der Waals surface area contributed by atoms with Gasteiger partial charge in [0.15, 0.2) is 23.0 Å². The van der Waals surface area contributed by atoms with E-state index in [1.165, 1.54) is 11.1 Å². The van der Waals surface area contributed by atoms with Crippen LogP contribution >= 0.6 is 0 Å². The van der Waals surface area contributed by atoms with Gasteiger partial charge in [-0.05, 0) is 59.7 Å². The fraction of sp³-hybridized carbons (Fsp3) is 0.333. The van der Waals surface area contributed by atoms with E-state index in [2.05, 4.69) is 36.4 Å². The smallest absolute Gasteiger partial charge is 0.161 e. The molecule has 138 valence electrons. The SMILES string of the molecule is COc1ccc(CC2c3cc(OC)c(OC)cc3C=CN2C)cc1OC. The highest BCUT2D eigenvalue weighted by molar-refractivity contribution is 5.63. The van der Waals surface area contributed by atoms with Gasteiger partial charge in [0, 0.05) is 7.05 Å². The van der Waals surface area contributed by atoms with Gasteiger partial charge in [0.2, 0.25) is 0 Å². The highest BCUT2D eigenvalue weighted by atomic mass is 16.5. The summed E-state index contributed by atoms with van der Waals surface area (Å²) in [5, 5.41) is 0. The Morgan fingerprint density at radius 3 is 2.08 bits per heavy atom. The molecule has 1 unspecified atom stereocenters. The summed E-state index contributed by atoms with van der Waals surface area (Å²) < 4.78 is 21.7. The number of rotatable bonds is 6. The van der Waals surface area contributed by atoms with Crippen LogP contribution in [0.4, 0.5) is 0 Å². The molecule has 26 heavy (non-hydrogen) atoms. The molecule has 0 bridgehead atoms. The van der Waals surface area contributed by atoms with Gasteiger partial charge >= 0.3 is 0 Å². The summed E-state index contributed by atoms with van der Waals surface area (Å²) in [5.41, 5.74) is 3.53. The molecule has 3 rings (SSSR count). The summed E-state index contributed by atoms with van der Waals surface area (Å²) >= 11 is 0.